The van der Waals surface area contributed by atoms with Crippen molar-refractivity contribution in [1.29, 1.82) is 0 Å². The van der Waals surface area contributed by atoms with Crippen molar-refractivity contribution in [2.45, 2.75) is 71.9 Å². The van der Waals surface area contributed by atoms with Gasteiger partial charge in [-0.2, -0.15) is 0 Å². The normalized spacial score (nSPS) is 20.8. The lowest BCUT2D eigenvalue weighted by molar-refractivity contribution is -0.142. The third kappa shape index (κ3) is 14.0. The molecule has 1 aliphatic carbocycles. The number of ether oxygens (including phenoxy) is 5. The highest BCUT2D eigenvalue weighted by molar-refractivity contribution is 5.81. The smallest absolute Gasteiger partial charge is 0.407 e. The molecule has 0 aromatic rings. The van der Waals surface area contributed by atoms with Crippen LogP contribution in [-0.2, 0) is 33.3 Å². The summed E-state index contributed by atoms with van der Waals surface area (Å²) >= 11 is 0. The van der Waals surface area contributed by atoms with Gasteiger partial charge in [0.15, 0.2) is 6.10 Å². The zero-order valence-electron chi connectivity index (χ0n) is 23.2. The summed E-state index contributed by atoms with van der Waals surface area (Å²) in [6, 6.07) is -0.204. The van der Waals surface area contributed by atoms with E-state index >= 15 is 0 Å². The fraction of sp³-hybridized carbons (Fsp3) is 0.704. The van der Waals surface area contributed by atoms with E-state index in [1.807, 2.05) is 13.8 Å². The highest BCUT2D eigenvalue weighted by atomic mass is 16.6. The first-order valence-electron chi connectivity index (χ1n) is 13.0. The topological polar surface area (TPSA) is 138 Å². The lowest BCUT2D eigenvalue weighted by Crippen LogP contribution is -2.51. The third-order valence-corrected chi connectivity index (χ3v) is 5.95. The Morgan fingerprint density at radius 1 is 0.921 bits per heavy atom. The van der Waals surface area contributed by atoms with Crippen molar-refractivity contribution < 1.29 is 42.9 Å². The molecule has 3 unspecified atom stereocenters. The van der Waals surface area contributed by atoms with Crippen molar-refractivity contribution in [2.75, 3.05) is 39.6 Å². The number of unbranched alkanes of at least 4 members (excludes halogenated alkanes) is 1. The molecule has 1 fully saturated rings. The second kappa shape index (κ2) is 16.7. The van der Waals surface area contributed by atoms with E-state index in [1.54, 1.807) is 0 Å². The molecule has 0 saturated heterocycles. The molecular formula is C27H44N2O9. The number of hydrogen-bond acceptors (Lipinski definition) is 9. The molecule has 2 N–H and O–H groups in total. The molecule has 0 spiro atoms. The number of esters is 2. The van der Waals surface area contributed by atoms with Crippen LogP contribution < -0.4 is 10.6 Å². The number of alkyl carbamates (subject to hydrolysis) is 2. The predicted octanol–water partition coefficient (Wildman–Crippen LogP) is 3.67. The SMILES string of the molecule is C=CC(=O)OCCOC(=O)NCC1(C)CC(NC(=O)OC(COCCCC)COC(=O)C=C)CC(C)(C)C1. The summed E-state index contributed by atoms with van der Waals surface area (Å²) in [4.78, 5) is 47.4. The summed E-state index contributed by atoms with van der Waals surface area (Å²) in [7, 11) is 0. The van der Waals surface area contributed by atoms with Crippen LogP contribution in [0, 0.1) is 10.8 Å². The Kier molecular flexibility index (Phi) is 14.5. The zero-order chi connectivity index (χ0) is 28.6. The lowest BCUT2D eigenvalue weighted by Gasteiger charge is -2.46. The average Bonchev–Trinajstić information content (AvgIpc) is 2.84. The van der Waals surface area contributed by atoms with E-state index in [1.165, 1.54) is 0 Å². The Morgan fingerprint density at radius 2 is 1.58 bits per heavy atom. The Morgan fingerprint density at radius 3 is 2.24 bits per heavy atom. The van der Waals surface area contributed by atoms with Gasteiger partial charge >= 0.3 is 24.1 Å². The highest BCUT2D eigenvalue weighted by Gasteiger charge is 2.42. The van der Waals surface area contributed by atoms with Gasteiger partial charge in [0.05, 0.1) is 6.61 Å². The summed E-state index contributed by atoms with van der Waals surface area (Å²) in [5, 5.41) is 5.70. The van der Waals surface area contributed by atoms with Gasteiger partial charge < -0.3 is 34.3 Å². The van der Waals surface area contributed by atoms with Crippen LogP contribution in [0.15, 0.2) is 25.3 Å². The molecule has 38 heavy (non-hydrogen) atoms. The third-order valence-electron chi connectivity index (χ3n) is 5.95. The maximum absolute atomic E-state index is 12.7. The Balaban J connectivity index is 2.64. The minimum absolute atomic E-state index is 0.0614. The Bertz CT molecular complexity index is 814. The van der Waals surface area contributed by atoms with Gasteiger partial charge in [-0.25, -0.2) is 19.2 Å². The monoisotopic (exact) mass is 540 g/mol. The zero-order valence-corrected chi connectivity index (χ0v) is 23.2. The molecule has 0 radical (unpaired) electrons. The Hall–Kier alpha value is -3.08. The second-order valence-electron chi connectivity index (χ2n) is 10.6. The van der Waals surface area contributed by atoms with Crippen molar-refractivity contribution in [1.82, 2.24) is 10.6 Å². The van der Waals surface area contributed by atoms with E-state index in [0.717, 1.165) is 37.8 Å². The van der Waals surface area contributed by atoms with E-state index in [9.17, 15) is 19.2 Å². The number of carbonyl (C=O) groups excluding carboxylic acids is 4. The summed E-state index contributed by atoms with van der Waals surface area (Å²) in [6.45, 7) is 15.6. The summed E-state index contributed by atoms with van der Waals surface area (Å²) in [5.74, 6) is -1.20. The van der Waals surface area contributed by atoms with Gasteiger partial charge in [0, 0.05) is 31.3 Å². The highest BCUT2D eigenvalue weighted by Crippen LogP contribution is 2.45. The van der Waals surface area contributed by atoms with Gasteiger partial charge in [-0.1, -0.05) is 47.3 Å². The first kappa shape index (κ1) is 32.9. The fourth-order valence-corrected chi connectivity index (χ4v) is 4.71. The van der Waals surface area contributed by atoms with Crippen LogP contribution in [0.4, 0.5) is 9.59 Å². The van der Waals surface area contributed by atoms with Crippen LogP contribution in [0.3, 0.4) is 0 Å². The van der Waals surface area contributed by atoms with Crippen molar-refractivity contribution in [3.05, 3.63) is 25.3 Å². The fourth-order valence-electron chi connectivity index (χ4n) is 4.71. The first-order valence-corrected chi connectivity index (χ1v) is 13.0. The van der Waals surface area contributed by atoms with Crippen LogP contribution in [0.1, 0.15) is 59.8 Å². The van der Waals surface area contributed by atoms with Gasteiger partial charge in [0.25, 0.3) is 0 Å². The quantitative estimate of drug-likeness (QED) is 0.130. The van der Waals surface area contributed by atoms with Crippen LogP contribution in [0.5, 0.6) is 0 Å². The molecule has 11 nitrogen and oxygen atoms in total. The maximum atomic E-state index is 12.7. The molecule has 1 rings (SSSR count). The predicted molar refractivity (Wildman–Crippen MR) is 140 cm³/mol. The van der Waals surface area contributed by atoms with Crippen molar-refractivity contribution in [3.8, 4) is 0 Å². The largest absolute Gasteiger partial charge is 0.459 e. The molecule has 1 aliphatic rings. The molecule has 0 aromatic carbocycles. The van der Waals surface area contributed by atoms with Gasteiger partial charge in [-0.3, -0.25) is 0 Å². The average molecular weight is 541 g/mol. The van der Waals surface area contributed by atoms with E-state index in [0.29, 0.717) is 19.6 Å². The molecule has 216 valence electrons. The van der Waals surface area contributed by atoms with Gasteiger partial charge in [0.1, 0.15) is 19.8 Å². The number of nitrogens with one attached hydrogen (secondary N) is 2. The first-order chi connectivity index (χ1) is 17.9. The molecule has 11 heteroatoms. The lowest BCUT2D eigenvalue weighted by atomic mass is 9.62. The van der Waals surface area contributed by atoms with Crippen molar-refractivity contribution in [3.63, 3.8) is 0 Å². The van der Waals surface area contributed by atoms with Crippen LogP contribution in [0.2, 0.25) is 0 Å². The molecule has 0 bridgehead atoms. The Labute approximate surface area is 225 Å². The number of rotatable bonds is 16. The summed E-state index contributed by atoms with van der Waals surface area (Å²) in [5.41, 5.74) is -0.437. The molecule has 2 amide bonds. The number of amides is 2. The number of hydrogen-bond donors (Lipinski definition) is 2. The minimum atomic E-state index is -0.763. The van der Waals surface area contributed by atoms with Crippen LogP contribution in [0.25, 0.3) is 0 Å². The molecule has 0 aromatic heterocycles. The maximum Gasteiger partial charge on any atom is 0.407 e. The van der Waals surface area contributed by atoms with E-state index in [2.05, 4.69) is 37.6 Å². The second-order valence-corrected chi connectivity index (χ2v) is 10.6. The molecule has 0 aliphatic heterocycles. The van der Waals surface area contributed by atoms with E-state index in [-0.39, 0.29) is 43.3 Å². The van der Waals surface area contributed by atoms with Crippen molar-refractivity contribution >= 4 is 24.1 Å². The number of carbonyl (C=O) groups is 4. The van der Waals surface area contributed by atoms with E-state index in [4.69, 9.17) is 23.7 Å². The van der Waals surface area contributed by atoms with Crippen molar-refractivity contribution in [2.24, 2.45) is 10.8 Å². The van der Waals surface area contributed by atoms with Crippen LogP contribution >= 0.6 is 0 Å². The van der Waals surface area contributed by atoms with Gasteiger partial charge in [0.2, 0.25) is 0 Å². The summed E-state index contributed by atoms with van der Waals surface area (Å²) in [6.07, 6.45) is 4.04. The summed E-state index contributed by atoms with van der Waals surface area (Å²) < 4.78 is 26.0. The van der Waals surface area contributed by atoms with Gasteiger partial charge in [-0.15, -0.1) is 0 Å². The van der Waals surface area contributed by atoms with Gasteiger partial charge in [-0.05, 0) is 36.5 Å². The minimum Gasteiger partial charge on any atom is -0.459 e. The molecule has 0 heterocycles. The van der Waals surface area contributed by atoms with E-state index < -0.39 is 30.2 Å². The molecule has 3 atom stereocenters. The molecule has 1 saturated carbocycles. The van der Waals surface area contributed by atoms with Crippen LogP contribution in [-0.4, -0.2) is 75.9 Å². The standard InChI is InChI=1S/C27H44N2O9/c1-7-10-11-34-16-21(17-37-23(31)9-3)38-25(33)29-20-14-26(4,5)18-27(6,15-20)19-28-24(32)36-13-12-35-22(30)8-2/h8-9,20-21H,2-3,7,10-19H2,1,4-6H3,(H,28,32)(H,29,33). The molecular weight excluding hydrogens is 496 g/mol.